The van der Waals surface area contributed by atoms with Crippen LogP contribution in [0.5, 0.6) is 0 Å². The molecule has 6 rings (SSSR count). The Morgan fingerprint density at radius 2 is 1.65 bits per heavy atom. The summed E-state index contributed by atoms with van der Waals surface area (Å²) in [6.07, 6.45) is 14.2. The molecule has 3 aromatic carbocycles. The molecule has 4 nitrogen and oxygen atoms in total. The first-order valence-electron chi connectivity index (χ1n) is 15.1. The SMILES string of the molecule is C=C1/C(=C\C=C(/C)c2nc(-c3ccccc3)nc(-c3ccc(C)c(/C=C\C)c3)n2)c2ccc(C#N)cc2C12CCCCC2. The van der Waals surface area contributed by atoms with Gasteiger partial charge in [-0.25, -0.2) is 15.0 Å². The van der Waals surface area contributed by atoms with Crippen molar-refractivity contribution >= 4 is 17.2 Å². The van der Waals surface area contributed by atoms with Gasteiger partial charge in [0.05, 0.1) is 11.6 Å². The molecule has 1 saturated carbocycles. The van der Waals surface area contributed by atoms with E-state index < -0.39 is 0 Å². The highest BCUT2D eigenvalue weighted by molar-refractivity contribution is 5.91. The summed E-state index contributed by atoms with van der Waals surface area (Å²) in [7, 11) is 0. The van der Waals surface area contributed by atoms with E-state index in [0.717, 1.165) is 40.7 Å². The number of nitriles is 1. The zero-order valence-corrected chi connectivity index (χ0v) is 25.2. The summed E-state index contributed by atoms with van der Waals surface area (Å²) < 4.78 is 0. The smallest absolute Gasteiger partial charge is 0.164 e. The molecule has 4 heteroatoms. The average molecular weight is 561 g/mol. The van der Waals surface area contributed by atoms with E-state index in [-0.39, 0.29) is 5.41 Å². The standard InChI is InChI=1S/C39H36N4/c1-5-12-31-24-32(18-15-26(31)2)38-42-36(41-37(43-38)30-13-8-6-9-14-30)27(3)16-19-33-28(4)39(21-10-7-11-22-39)35-23-29(25-40)17-20-34(33)35/h5-6,8-9,12-20,23-24H,4,7,10-11,21-22H2,1-3H3/b12-5-,27-16+,33-19+. The molecule has 4 aromatic rings. The summed E-state index contributed by atoms with van der Waals surface area (Å²) in [5.41, 5.74) is 10.6. The van der Waals surface area contributed by atoms with Gasteiger partial charge in [0, 0.05) is 16.5 Å². The molecule has 1 aromatic heterocycles. The van der Waals surface area contributed by atoms with Crippen molar-refractivity contribution in [3.05, 3.63) is 131 Å². The normalized spacial score (nSPS) is 17.0. The summed E-state index contributed by atoms with van der Waals surface area (Å²) in [5.74, 6) is 1.94. The molecule has 0 radical (unpaired) electrons. The predicted octanol–water partition coefficient (Wildman–Crippen LogP) is 9.68. The molecular formula is C39H36N4. The molecule has 212 valence electrons. The van der Waals surface area contributed by atoms with E-state index in [1.165, 1.54) is 41.5 Å². The van der Waals surface area contributed by atoms with Gasteiger partial charge in [-0.3, -0.25) is 0 Å². The Bertz CT molecular complexity index is 1840. The van der Waals surface area contributed by atoms with E-state index in [2.05, 4.69) is 75.1 Å². The number of aryl methyl sites for hydroxylation is 1. The van der Waals surface area contributed by atoms with Crippen molar-refractivity contribution in [2.24, 2.45) is 0 Å². The van der Waals surface area contributed by atoms with Crippen LogP contribution in [0.3, 0.4) is 0 Å². The lowest BCUT2D eigenvalue weighted by atomic mass is 9.68. The number of allylic oxidation sites excluding steroid dienone is 6. The molecule has 0 N–H and O–H groups in total. The van der Waals surface area contributed by atoms with Crippen LogP contribution < -0.4 is 0 Å². The van der Waals surface area contributed by atoms with Crippen LogP contribution in [0.4, 0.5) is 0 Å². The van der Waals surface area contributed by atoms with E-state index in [1.807, 2.05) is 49.4 Å². The van der Waals surface area contributed by atoms with E-state index in [4.69, 9.17) is 15.0 Å². The van der Waals surface area contributed by atoms with E-state index in [1.54, 1.807) is 0 Å². The Balaban J connectivity index is 1.45. The number of rotatable bonds is 5. The molecule has 0 bridgehead atoms. The third-order valence-corrected chi connectivity index (χ3v) is 8.97. The third kappa shape index (κ3) is 5.28. The number of benzene rings is 3. The van der Waals surface area contributed by atoms with Crippen molar-refractivity contribution in [2.75, 3.05) is 0 Å². The first-order chi connectivity index (χ1) is 20.9. The lowest BCUT2D eigenvalue weighted by molar-refractivity contribution is 0.353. The van der Waals surface area contributed by atoms with Crippen LogP contribution in [-0.2, 0) is 5.41 Å². The summed E-state index contributed by atoms with van der Waals surface area (Å²) in [4.78, 5) is 14.8. The number of aromatic nitrogens is 3. The lowest BCUT2D eigenvalue weighted by Gasteiger charge is -2.35. The molecule has 0 amide bonds. The van der Waals surface area contributed by atoms with Gasteiger partial charge in [0.2, 0.25) is 0 Å². The minimum Gasteiger partial charge on any atom is -0.209 e. The van der Waals surface area contributed by atoms with Gasteiger partial charge < -0.3 is 0 Å². The first kappa shape index (κ1) is 28.2. The third-order valence-electron chi connectivity index (χ3n) is 8.97. The summed E-state index contributed by atoms with van der Waals surface area (Å²) in [6.45, 7) is 10.8. The number of hydrogen-bond acceptors (Lipinski definition) is 4. The van der Waals surface area contributed by atoms with Crippen LogP contribution >= 0.6 is 0 Å². The second-order valence-corrected chi connectivity index (χ2v) is 11.7. The molecule has 0 unspecified atom stereocenters. The van der Waals surface area contributed by atoms with Gasteiger partial charge in [-0.15, -0.1) is 0 Å². The highest BCUT2D eigenvalue weighted by Gasteiger charge is 2.44. The van der Waals surface area contributed by atoms with Crippen molar-refractivity contribution in [1.82, 2.24) is 15.0 Å². The molecule has 0 saturated heterocycles. The van der Waals surface area contributed by atoms with Gasteiger partial charge in [0.25, 0.3) is 0 Å². The minimum absolute atomic E-state index is 0.0785. The highest BCUT2D eigenvalue weighted by atomic mass is 15.0. The quantitative estimate of drug-likeness (QED) is 0.244. The van der Waals surface area contributed by atoms with E-state index in [0.29, 0.717) is 23.0 Å². The molecule has 0 aliphatic heterocycles. The van der Waals surface area contributed by atoms with Crippen LogP contribution in [-0.4, -0.2) is 15.0 Å². The van der Waals surface area contributed by atoms with Gasteiger partial charge >= 0.3 is 0 Å². The van der Waals surface area contributed by atoms with E-state index >= 15 is 0 Å². The van der Waals surface area contributed by atoms with Gasteiger partial charge in [-0.05, 0) is 90.8 Å². The second kappa shape index (κ2) is 11.8. The van der Waals surface area contributed by atoms with Crippen LogP contribution in [0.25, 0.3) is 40.0 Å². The molecule has 1 spiro atoms. The molecule has 2 aliphatic carbocycles. The van der Waals surface area contributed by atoms with Gasteiger partial charge in [0.15, 0.2) is 17.5 Å². The Morgan fingerprint density at radius 3 is 2.37 bits per heavy atom. The number of fused-ring (bicyclic) bond motifs is 2. The Morgan fingerprint density at radius 1 is 0.907 bits per heavy atom. The Labute approximate surface area is 254 Å². The maximum absolute atomic E-state index is 9.64. The lowest BCUT2D eigenvalue weighted by Crippen LogP contribution is -2.27. The van der Waals surface area contributed by atoms with Gasteiger partial charge in [-0.1, -0.05) is 98.7 Å². The Hall–Kier alpha value is -4.88. The van der Waals surface area contributed by atoms with Crippen molar-refractivity contribution in [1.29, 1.82) is 5.26 Å². The maximum atomic E-state index is 9.64. The molecular weight excluding hydrogens is 524 g/mol. The fraction of sp³-hybridized carbons (Fsp3) is 0.231. The fourth-order valence-electron chi connectivity index (χ4n) is 6.56. The molecule has 43 heavy (non-hydrogen) atoms. The number of nitrogens with zero attached hydrogens (tertiary/aromatic N) is 4. The monoisotopic (exact) mass is 560 g/mol. The van der Waals surface area contributed by atoms with E-state index in [9.17, 15) is 5.26 Å². The summed E-state index contributed by atoms with van der Waals surface area (Å²) in [6, 6.07) is 24.9. The molecule has 1 fully saturated rings. The zero-order valence-electron chi connectivity index (χ0n) is 25.2. The number of hydrogen-bond donors (Lipinski definition) is 0. The largest absolute Gasteiger partial charge is 0.209 e. The first-order valence-corrected chi connectivity index (χ1v) is 15.1. The fourth-order valence-corrected chi connectivity index (χ4v) is 6.56. The van der Waals surface area contributed by atoms with Crippen molar-refractivity contribution < 1.29 is 0 Å². The summed E-state index contributed by atoms with van der Waals surface area (Å²) in [5, 5.41) is 9.64. The highest BCUT2D eigenvalue weighted by Crippen LogP contribution is 2.56. The van der Waals surface area contributed by atoms with Crippen molar-refractivity contribution in [2.45, 2.75) is 58.3 Å². The zero-order chi connectivity index (χ0) is 30.0. The minimum atomic E-state index is -0.0785. The molecule has 1 heterocycles. The predicted molar refractivity (Wildman–Crippen MR) is 177 cm³/mol. The molecule has 0 atom stereocenters. The second-order valence-electron chi connectivity index (χ2n) is 11.7. The van der Waals surface area contributed by atoms with Crippen molar-refractivity contribution in [3.63, 3.8) is 0 Å². The maximum Gasteiger partial charge on any atom is 0.164 e. The van der Waals surface area contributed by atoms with Crippen LogP contribution in [0.2, 0.25) is 0 Å². The topological polar surface area (TPSA) is 62.5 Å². The average Bonchev–Trinajstić information content (AvgIpc) is 3.27. The van der Waals surface area contributed by atoms with Gasteiger partial charge in [0.1, 0.15) is 0 Å². The summed E-state index contributed by atoms with van der Waals surface area (Å²) >= 11 is 0. The van der Waals surface area contributed by atoms with Crippen molar-refractivity contribution in [3.8, 4) is 28.8 Å². The molecule has 2 aliphatic rings. The van der Waals surface area contributed by atoms with Crippen LogP contribution in [0, 0.1) is 18.3 Å². The van der Waals surface area contributed by atoms with Crippen LogP contribution in [0.15, 0.2) is 97.1 Å². The van der Waals surface area contributed by atoms with Crippen LogP contribution in [0.1, 0.15) is 79.6 Å². The Kier molecular flexibility index (Phi) is 7.74. The van der Waals surface area contributed by atoms with Gasteiger partial charge in [-0.2, -0.15) is 5.26 Å².